The first-order valence-electron chi connectivity index (χ1n) is 12.4. The van der Waals surface area contributed by atoms with Gasteiger partial charge in [0.2, 0.25) is 12.1 Å². The largest absolute Gasteiger partial charge is 0.527 e. The van der Waals surface area contributed by atoms with Crippen LogP contribution in [0.2, 0.25) is 5.02 Å². The summed E-state index contributed by atoms with van der Waals surface area (Å²) in [7, 11) is 0. The summed E-state index contributed by atoms with van der Waals surface area (Å²) in [5.74, 6) is -5.73. The number of rotatable bonds is 6. The minimum absolute atomic E-state index is 0.0239. The van der Waals surface area contributed by atoms with Gasteiger partial charge in [-0.15, -0.1) is 3.89 Å². The number of amides is 4. The second kappa shape index (κ2) is 12.3. The van der Waals surface area contributed by atoms with Crippen molar-refractivity contribution in [3.8, 4) is 11.5 Å². The predicted octanol–water partition coefficient (Wildman–Crippen LogP) is 8.17. The average Bonchev–Trinajstić information content (AvgIpc) is 3.29. The van der Waals surface area contributed by atoms with Crippen LogP contribution >= 0.6 is 23.7 Å². The quantitative estimate of drug-likeness (QED) is 0.159. The van der Waals surface area contributed by atoms with Gasteiger partial charge in [-0.25, -0.2) is 18.0 Å². The highest BCUT2D eigenvalue weighted by molar-refractivity contribution is 7.96. The SMILES string of the molecule is C[C@@H]1CCC[N+]1(SN(C(=O)NC(=O)c1c(F)cccc1F)c1ccc(Oc2ccc(C(F)(F)F)cc2Cl)cc1F)C(=O)O. The van der Waals surface area contributed by atoms with Crippen LogP contribution in [0.1, 0.15) is 35.7 Å². The van der Waals surface area contributed by atoms with Crippen molar-refractivity contribution in [1.29, 1.82) is 0 Å². The molecule has 1 heterocycles. The van der Waals surface area contributed by atoms with Crippen molar-refractivity contribution in [1.82, 2.24) is 5.32 Å². The van der Waals surface area contributed by atoms with Crippen molar-refractivity contribution in [2.75, 3.05) is 10.8 Å². The Hall–Kier alpha value is -3.95. The van der Waals surface area contributed by atoms with E-state index in [2.05, 4.69) is 0 Å². The molecule has 228 valence electrons. The summed E-state index contributed by atoms with van der Waals surface area (Å²) in [5, 5.41) is 11.4. The molecule has 3 aromatic carbocycles. The second-order valence-electron chi connectivity index (χ2n) is 9.38. The number of urea groups is 1. The lowest BCUT2D eigenvalue weighted by Gasteiger charge is -2.33. The minimum Gasteiger partial charge on any atom is -0.456 e. The Morgan fingerprint density at radius 1 is 1.05 bits per heavy atom. The maximum Gasteiger partial charge on any atom is 0.527 e. The molecular formula is C27H21ClF6N3O5S+. The first kappa shape index (κ1) is 32.0. The third-order valence-corrected chi connectivity index (χ3v) is 8.41. The molecule has 1 unspecified atom stereocenters. The zero-order valence-corrected chi connectivity index (χ0v) is 23.5. The molecule has 2 atom stereocenters. The van der Waals surface area contributed by atoms with Gasteiger partial charge >= 0.3 is 18.3 Å². The fourth-order valence-corrected chi connectivity index (χ4v) is 5.77. The molecule has 1 aliphatic rings. The lowest BCUT2D eigenvalue weighted by Crippen LogP contribution is -2.53. The van der Waals surface area contributed by atoms with E-state index in [4.69, 9.17) is 16.3 Å². The number of alkyl halides is 3. The highest BCUT2D eigenvalue weighted by atomic mass is 35.5. The van der Waals surface area contributed by atoms with Gasteiger partial charge in [-0.2, -0.15) is 22.3 Å². The van der Waals surface area contributed by atoms with E-state index >= 15 is 4.39 Å². The maximum atomic E-state index is 15.5. The lowest BCUT2D eigenvalue weighted by molar-refractivity contribution is -0.730. The van der Waals surface area contributed by atoms with E-state index in [1.54, 1.807) is 12.2 Å². The number of nitrogens with one attached hydrogen (secondary N) is 1. The molecular weight excluding hydrogens is 628 g/mol. The summed E-state index contributed by atoms with van der Waals surface area (Å²) in [6.45, 7) is 1.63. The number of imide groups is 1. The Bertz CT molecular complexity index is 1570. The molecule has 1 saturated heterocycles. The molecule has 8 nitrogen and oxygen atoms in total. The number of carbonyl (C=O) groups excluding carboxylic acids is 2. The summed E-state index contributed by atoms with van der Waals surface area (Å²) in [5.41, 5.74) is -2.69. The standard InChI is InChI=1S/C27H20ClF6N3O5S/c1-14-4-3-11-37(14,26(40)41)43-36(25(39)35-24(38)23-18(29)5-2-6-19(23)30)21-9-8-16(13-20(21)31)42-22-10-7-15(12-17(22)28)27(32,33)34/h2,5-10,12-14H,3-4,11H2,1H3,(H-,35,38,39,40,41)/p+1/t14-,37?/m1/s1. The number of nitrogens with zero attached hydrogens (tertiary/aromatic N) is 2. The monoisotopic (exact) mass is 648 g/mol. The van der Waals surface area contributed by atoms with Crippen LogP contribution < -0.4 is 14.4 Å². The molecule has 0 aromatic heterocycles. The third-order valence-electron chi connectivity index (χ3n) is 6.60. The number of quaternary nitrogens is 1. The van der Waals surface area contributed by atoms with Crippen LogP contribution in [-0.2, 0) is 6.18 Å². The van der Waals surface area contributed by atoms with Crippen LogP contribution in [-0.4, -0.2) is 39.6 Å². The van der Waals surface area contributed by atoms with Crippen LogP contribution in [0.25, 0.3) is 0 Å². The summed E-state index contributed by atoms with van der Waals surface area (Å²) < 4.78 is 87.8. The van der Waals surface area contributed by atoms with Gasteiger partial charge in [-0.05, 0) is 49.4 Å². The Labute approximate surface area is 249 Å². The van der Waals surface area contributed by atoms with E-state index in [9.17, 15) is 41.4 Å². The van der Waals surface area contributed by atoms with E-state index in [-0.39, 0.29) is 18.0 Å². The van der Waals surface area contributed by atoms with Gasteiger partial charge in [-0.1, -0.05) is 17.7 Å². The molecule has 0 radical (unpaired) electrons. The van der Waals surface area contributed by atoms with E-state index < -0.39 is 73.4 Å². The Morgan fingerprint density at radius 2 is 1.72 bits per heavy atom. The fraction of sp³-hybridized carbons (Fsp3) is 0.222. The molecule has 0 saturated carbocycles. The molecule has 3 aromatic rings. The number of likely N-dealkylation sites (tertiary alicyclic amines) is 1. The lowest BCUT2D eigenvalue weighted by atomic mass is 10.2. The van der Waals surface area contributed by atoms with Crippen molar-refractivity contribution >= 4 is 47.5 Å². The molecule has 1 fully saturated rings. The van der Waals surface area contributed by atoms with Crippen molar-refractivity contribution in [3.05, 3.63) is 88.2 Å². The number of halogens is 7. The van der Waals surface area contributed by atoms with Crippen molar-refractivity contribution < 1.29 is 54.5 Å². The zero-order valence-electron chi connectivity index (χ0n) is 21.9. The second-order valence-corrected chi connectivity index (χ2v) is 11.0. The number of hydrogen-bond donors (Lipinski definition) is 2. The first-order chi connectivity index (χ1) is 20.1. The molecule has 1 aliphatic heterocycles. The zero-order chi connectivity index (χ0) is 31.7. The van der Waals surface area contributed by atoms with Crippen LogP contribution in [0.5, 0.6) is 11.5 Å². The summed E-state index contributed by atoms with van der Waals surface area (Å²) in [6.07, 6.45) is -5.15. The highest BCUT2D eigenvalue weighted by Crippen LogP contribution is 2.42. The van der Waals surface area contributed by atoms with Gasteiger partial charge in [-0.3, -0.25) is 10.1 Å². The summed E-state index contributed by atoms with van der Waals surface area (Å²) >= 11 is 6.26. The van der Waals surface area contributed by atoms with Crippen molar-refractivity contribution in [2.24, 2.45) is 0 Å². The number of benzene rings is 3. The fourth-order valence-electron chi connectivity index (χ4n) is 4.35. The molecule has 43 heavy (non-hydrogen) atoms. The first-order valence-corrected chi connectivity index (χ1v) is 13.5. The third kappa shape index (κ3) is 6.68. The number of carbonyl (C=O) groups is 3. The number of anilines is 1. The van der Waals surface area contributed by atoms with E-state index in [0.717, 1.165) is 42.5 Å². The number of hydrogen-bond acceptors (Lipinski definition) is 5. The Kier molecular flexibility index (Phi) is 9.18. The van der Waals surface area contributed by atoms with Gasteiger partial charge in [0.15, 0.2) is 5.82 Å². The van der Waals surface area contributed by atoms with Crippen molar-refractivity contribution in [2.45, 2.75) is 32.0 Å². The molecule has 0 spiro atoms. The van der Waals surface area contributed by atoms with Crippen LogP contribution in [0.15, 0.2) is 54.6 Å². The Morgan fingerprint density at radius 3 is 2.26 bits per heavy atom. The van der Waals surface area contributed by atoms with Crippen LogP contribution in [0, 0.1) is 17.5 Å². The van der Waals surface area contributed by atoms with Crippen molar-refractivity contribution in [3.63, 3.8) is 0 Å². The maximum absolute atomic E-state index is 15.5. The molecule has 2 N–H and O–H groups in total. The van der Waals surface area contributed by atoms with Crippen LogP contribution in [0.4, 0.5) is 41.6 Å². The highest BCUT2D eigenvalue weighted by Gasteiger charge is 2.52. The van der Waals surface area contributed by atoms with Gasteiger partial charge in [0.25, 0.3) is 5.91 Å². The molecule has 16 heteroatoms. The van der Waals surface area contributed by atoms with E-state index in [1.165, 1.54) is 0 Å². The topological polar surface area (TPSA) is 95.9 Å². The van der Waals surface area contributed by atoms with Gasteiger partial charge in [0, 0.05) is 18.9 Å². The summed E-state index contributed by atoms with van der Waals surface area (Å²) in [4.78, 5) is 38.3. The number of ether oxygens (including phenoxy) is 1. The van der Waals surface area contributed by atoms with Crippen LogP contribution in [0.3, 0.4) is 0 Å². The molecule has 0 bridgehead atoms. The van der Waals surface area contributed by atoms with Gasteiger partial charge in [0.1, 0.15) is 41.3 Å². The van der Waals surface area contributed by atoms with E-state index in [1.807, 2.05) is 0 Å². The smallest absolute Gasteiger partial charge is 0.456 e. The Balaban J connectivity index is 1.68. The summed E-state index contributed by atoms with van der Waals surface area (Å²) in [6, 6.07) is 5.70. The molecule has 0 aliphatic carbocycles. The van der Waals surface area contributed by atoms with Gasteiger partial charge < -0.3 is 9.84 Å². The normalized spacial score (nSPS) is 18.3. The molecule has 4 amide bonds. The number of carboxylic acid groups (broad SMARTS) is 1. The average molecular weight is 649 g/mol. The predicted molar refractivity (Wildman–Crippen MR) is 144 cm³/mol. The van der Waals surface area contributed by atoms with Gasteiger partial charge in [0.05, 0.1) is 16.3 Å². The molecule has 4 rings (SSSR count). The van der Waals surface area contributed by atoms with E-state index in [0.29, 0.717) is 41.4 Å². The minimum atomic E-state index is -4.67.